The van der Waals surface area contributed by atoms with Crippen molar-refractivity contribution in [3.8, 4) is 16.9 Å². The number of alkyl halides is 1. The van der Waals surface area contributed by atoms with Gasteiger partial charge in [-0.3, -0.25) is 4.79 Å². The maximum absolute atomic E-state index is 12.1. The predicted octanol–water partition coefficient (Wildman–Crippen LogP) is 3.81. The van der Waals surface area contributed by atoms with E-state index in [0.29, 0.717) is 11.3 Å². The molecule has 1 aromatic heterocycles. The van der Waals surface area contributed by atoms with Crippen LogP contribution in [0.15, 0.2) is 30.6 Å². The molecule has 1 atom stereocenters. The molecular formula is C18H21BrN2O4. The van der Waals surface area contributed by atoms with Crippen LogP contribution in [0, 0.1) is 0 Å². The Labute approximate surface area is 155 Å². The van der Waals surface area contributed by atoms with Crippen LogP contribution >= 0.6 is 15.9 Å². The number of ketones is 1. The molecule has 0 N–H and O–H groups in total. The summed E-state index contributed by atoms with van der Waals surface area (Å²) in [5.41, 5.74) is 2.41. The first-order chi connectivity index (χ1) is 12.2. The standard InChI is InChI=1S/C18H21BrN2O4/c1-23-12-25-17-8-13(5-6-15(17)16(22)9-19)14-10-20-21(11-14)18-4-2-3-7-24-18/h5-6,8,10-11,18H,2-4,7,9,12H2,1H3. The van der Waals surface area contributed by atoms with Crippen molar-refractivity contribution in [2.75, 3.05) is 25.8 Å². The van der Waals surface area contributed by atoms with E-state index in [2.05, 4.69) is 21.0 Å². The van der Waals surface area contributed by atoms with Gasteiger partial charge in [-0.05, 0) is 37.0 Å². The van der Waals surface area contributed by atoms with E-state index in [9.17, 15) is 4.79 Å². The van der Waals surface area contributed by atoms with Gasteiger partial charge in [0.1, 0.15) is 12.0 Å². The van der Waals surface area contributed by atoms with Crippen LogP contribution in [0.3, 0.4) is 0 Å². The number of benzene rings is 1. The zero-order chi connectivity index (χ0) is 17.6. The first-order valence-corrected chi connectivity index (χ1v) is 9.36. The molecule has 1 aliphatic heterocycles. The number of carbonyl (C=O) groups excluding carboxylic acids is 1. The van der Waals surface area contributed by atoms with Crippen molar-refractivity contribution in [1.29, 1.82) is 0 Å². The van der Waals surface area contributed by atoms with Gasteiger partial charge in [-0.2, -0.15) is 5.10 Å². The Morgan fingerprint density at radius 2 is 2.28 bits per heavy atom. The van der Waals surface area contributed by atoms with Crippen LogP contribution in [0.25, 0.3) is 11.1 Å². The lowest BCUT2D eigenvalue weighted by atomic mass is 10.0. The first kappa shape index (κ1) is 18.1. The Balaban J connectivity index is 1.86. The summed E-state index contributed by atoms with van der Waals surface area (Å²) < 4.78 is 18.2. The van der Waals surface area contributed by atoms with Crippen LogP contribution in [0.5, 0.6) is 5.75 Å². The van der Waals surface area contributed by atoms with Gasteiger partial charge in [-0.15, -0.1) is 0 Å². The highest BCUT2D eigenvalue weighted by atomic mass is 79.9. The molecule has 134 valence electrons. The number of Topliss-reactive ketones (excluding diaryl/α,β-unsaturated/α-hetero) is 1. The van der Waals surface area contributed by atoms with Crippen molar-refractivity contribution in [2.24, 2.45) is 0 Å². The molecule has 1 aliphatic rings. The van der Waals surface area contributed by atoms with Crippen LogP contribution in [-0.2, 0) is 9.47 Å². The third kappa shape index (κ3) is 4.29. The lowest BCUT2D eigenvalue weighted by Crippen LogP contribution is -2.18. The number of hydrogen-bond donors (Lipinski definition) is 0. The van der Waals surface area contributed by atoms with Gasteiger partial charge in [-0.1, -0.05) is 22.0 Å². The van der Waals surface area contributed by atoms with E-state index in [-0.39, 0.29) is 24.1 Å². The lowest BCUT2D eigenvalue weighted by Gasteiger charge is -2.22. The minimum absolute atomic E-state index is 0.000889. The minimum Gasteiger partial charge on any atom is -0.467 e. The third-order valence-corrected chi connectivity index (χ3v) is 4.63. The Morgan fingerprint density at radius 1 is 1.40 bits per heavy atom. The smallest absolute Gasteiger partial charge is 0.188 e. The van der Waals surface area contributed by atoms with Gasteiger partial charge >= 0.3 is 0 Å². The van der Waals surface area contributed by atoms with Gasteiger partial charge in [0.2, 0.25) is 0 Å². The average molecular weight is 409 g/mol. The molecule has 0 spiro atoms. The number of nitrogens with zero attached hydrogens (tertiary/aromatic N) is 2. The Kier molecular flexibility index (Phi) is 6.23. The SMILES string of the molecule is COCOc1cc(-c2cnn(C3CCCCO3)c2)ccc1C(=O)CBr. The number of rotatable bonds is 7. The number of carbonyl (C=O) groups is 1. The summed E-state index contributed by atoms with van der Waals surface area (Å²) in [6.45, 7) is 0.861. The van der Waals surface area contributed by atoms with E-state index in [0.717, 1.165) is 37.0 Å². The molecule has 3 rings (SSSR count). The van der Waals surface area contributed by atoms with Gasteiger partial charge in [0, 0.05) is 25.5 Å². The van der Waals surface area contributed by atoms with E-state index in [1.807, 2.05) is 23.0 Å². The maximum Gasteiger partial charge on any atom is 0.188 e. The molecule has 1 aromatic carbocycles. The molecule has 25 heavy (non-hydrogen) atoms. The van der Waals surface area contributed by atoms with Crippen molar-refractivity contribution >= 4 is 21.7 Å². The van der Waals surface area contributed by atoms with Gasteiger partial charge in [0.15, 0.2) is 12.6 Å². The van der Waals surface area contributed by atoms with Gasteiger partial charge in [-0.25, -0.2) is 4.68 Å². The van der Waals surface area contributed by atoms with Crippen molar-refractivity contribution in [3.63, 3.8) is 0 Å². The molecule has 2 aromatic rings. The van der Waals surface area contributed by atoms with E-state index < -0.39 is 0 Å². The monoisotopic (exact) mass is 408 g/mol. The molecule has 1 unspecified atom stereocenters. The van der Waals surface area contributed by atoms with Crippen molar-refractivity contribution in [1.82, 2.24) is 9.78 Å². The van der Waals surface area contributed by atoms with Gasteiger partial charge in [0.05, 0.1) is 17.1 Å². The number of halogens is 1. The molecule has 2 heterocycles. The molecule has 0 saturated carbocycles. The summed E-state index contributed by atoms with van der Waals surface area (Å²) in [6, 6.07) is 5.52. The summed E-state index contributed by atoms with van der Waals surface area (Å²) in [7, 11) is 1.55. The number of aromatic nitrogens is 2. The molecule has 0 radical (unpaired) electrons. The van der Waals surface area contributed by atoms with Gasteiger partial charge in [0.25, 0.3) is 0 Å². The molecule has 0 aliphatic carbocycles. The Morgan fingerprint density at radius 3 is 3.00 bits per heavy atom. The molecule has 1 saturated heterocycles. The van der Waals surface area contributed by atoms with Crippen LogP contribution in [-0.4, -0.2) is 41.4 Å². The topological polar surface area (TPSA) is 62.6 Å². The zero-order valence-corrected chi connectivity index (χ0v) is 15.7. The molecule has 1 fully saturated rings. The summed E-state index contributed by atoms with van der Waals surface area (Å²) in [6.07, 6.45) is 7.01. The Bertz CT molecular complexity index is 726. The summed E-state index contributed by atoms with van der Waals surface area (Å²) in [4.78, 5) is 12.1. The van der Waals surface area contributed by atoms with E-state index in [1.165, 1.54) is 0 Å². The lowest BCUT2D eigenvalue weighted by molar-refractivity contribution is -0.0394. The van der Waals surface area contributed by atoms with Gasteiger partial charge < -0.3 is 14.2 Å². The van der Waals surface area contributed by atoms with E-state index in [1.54, 1.807) is 19.4 Å². The number of methoxy groups -OCH3 is 1. The van der Waals surface area contributed by atoms with Crippen LogP contribution in [0.1, 0.15) is 35.8 Å². The van der Waals surface area contributed by atoms with Crippen LogP contribution in [0.2, 0.25) is 0 Å². The molecule has 6 nitrogen and oxygen atoms in total. The fourth-order valence-corrected chi connectivity index (χ4v) is 3.13. The van der Waals surface area contributed by atoms with Crippen LogP contribution < -0.4 is 4.74 Å². The highest BCUT2D eigenvalue weighted by Crippen LogP contribution is 2.30. The van der Waals surface area contributed by atoms with Crippen LogP contribution in [0.4, 0.5) is 0 Å². The molecule has 0 bridgehead atoms. The second-order valence-corrected chi connectivity index (χ2v) is 6.41. The fraction of sp³-hybridized carbons (Fsp3) is 0.444. The largest absolute Gasteiger partial charge is 0.467 e. The molecular weight excluding hydrogens is 388 g/mol. The summed E-state index contributed by atoms with van der Waals surface area (Å²) in [5.74, 6) is 0.467. The normalized spacial score (nSPS) is 17.4. The quantitative estimate of drug-likeness (QED) is 0.395. The molecule has 0 amide bonds. The minimum atomic E-state index is -0.0380. The second kappa shape index (κ2) is 8.60. The highest BCUT2D eigenvalue weighted by molar-refractivity contribution is 9.09. The fourth-order valence-electron chi connectivity index (χ4n) is 2.82. The van der Waals surface area contributed by atoms with Crippen molar-refractivity contribution < 1.29 is 19.0 Å². The second-order valence-electron chi connectivity index (χ2n) is 5.85. The number of ether oxygens (including phenoxy) is 3. The average Bonchev–Trinajstić information content (AvgIpc) is 3.16. The summed E-state index contributed by atoms with van der Waals surface area (Å²) >= 11 is 3.20. The van der Waals surface area contributed by atoms with E-state index in [4.69, 9.17) is 14.2 Å². The Hall–Kier alpha value is -1.70. The first-order valence-electron chi connectivity index (χ1n) is 8.24. The van der Waals surface area contributed by atoms with Crippen molar-refractivity contribution in [3.05, 3.63) is 36.2 Å². The zero-order valence-electron chi connectivity index (χ0n) is 14.1. The molecule has 7 heteroatoms. The van der Waals surface area contributed by atoms with Crippen molar-refractivity contribution in [2.45, 2.75) is 25.5 Å². The predicted molar refractivity (Wildman–Crippen MR) is 97.1 cm³/mol. The number of hydrogen-bond acceptors (Lipinski definition) is 5. The van der Waals surface area contributed by atoms with E-state index >= 15 is 0 Å². The maximum atomic E-state index is 12.1. The highest BCUT2D eigenvalue weighted by Gasteiger charge is 2.18. The summed E-state index contributed by atoms with van der Waals surface area (Å²) in [5, 5.41) is 4.68. The third-order valence-electron chi connectivity index (χ3n) is 4.12.